The van der Waals surface area contributed by atoms with Crippen molar-refractivity contribution in [1.29, 1.82) is 0 Å². The van der Waals surface area contributed by atoms with E-state index in [1.807, 2.05) is 0 Å². The SMILES string of the molecule is CCN(CC)S(=O)(=O)c1ccc(CCC(=O)OCc2ccc(S(=O)(=O)N(C)C)o2)cc1. The van der Waals surface area contributed by atoms with Crippen molar-refractivity contribution in [3.63, 3.8) is 0 Å². The van der Waals surface area contributed by atoms with Crippen LogP contribution in [0, 0.1) is 0 Å². The van der Waals surface area contributed by atoms with E-state index in [-0.39, 0.29) is 28.8 Å². The van der Waals surface area contributed by atoms with Gasteiger partial charge in [0.15, 0.2) is 0 Å². The van der Waals surface area contributed by atoms with Crippen LogP contribution in [-0.2, 0) is 42.6 Å². The van der Waals surface area contributed by atoms with Gasteiger partial charge in [0.2, 0.25) is 15.1 Å². The maximum absolute atomic E-state index is 12.5. The summed E-state index contributed by atoms with van der Waals surface area (Å²) in [5, 5.41) is -0.219. The monoisotopic (exact) mass is 472 g/mol. The molecule has 0 fully saturated rings. The Morgan fingerprint density at radius 2 is 1.55 bits per heavy atom. The molecule has 1 aromatic heterocycles. The van der Waals surface area contributed by atoms with Crippen molar-refractivity contribution in [3.8, 4) is 0 Å². The second-order valence-electron chi connectivity index (χ2n) is 6.90. The van der Waals surface area contributed by atoms with Crippen LogP contribution in [-0.4, -0.2) is 58.6 Å². The van der Waals surface area contributed by atoms with Crippen LogP contribution in [0.15, 0.2) is 50.8 Å². The molecule has 0 saturated carbocycles. The fourth-order valence-corrected chi connectivity index (χ4v) is 5.04. The van der Waals surface area contributed by atoms with Crippen LogP contribution in [0.3, 0.4) is 0 Å². The zero-order valence-electron chi connectivity index (χ0n) is 18.1. The predicted molar refractivity (Wildman–Crippen MR) is 114 cm³/mol. The molecule has 0 atom stereocenters. The third-order valence-electron chi connectivity index (χ3n) is 4.63. The van der Waals surface area contributed by atoms with Gasteiger partial charge in [0.25, 0.3) is 10.0 Å². The first-order valence-corrected chi connectivity index (χ1v) is 12.7. The summed E-state index contributed by atoms with van der Waals surface area (Å²) in [5.74, 6) is -0.256. The Kier molecular flexibility index (Phi) is 8.41. The van der Waals surface area contributed by atoms with E-state index in [4.69, 9.17) is 9.15 Å². The summed E-state index contributed by atoms with van der Waals surface area (Å²) >= 11 is 0. The van der Waals surface area contributed by atoms with E-state index in [0.29, 0.717) is 19.5 Å². The van der Waals surface area contributed by atoms with E-state index in [0.717, 1.165) is 9.87 Å². The summed E-state index contributed by atoms with van der Waals surface area (Å²) in [6, 6.07) is 9.17. The summed E-state index contributed by atoms with van der Waals surface area (Å²) in [5.41, 5.74) is 0.799. The summed E-state index contributed by atoms with van der Waals surface area (Å²) in [6.07, 6.45) is 0.467. The molecule has 0 aliphatic carbocycles. The first kappa shape index (κ1) is 25.1. The molecule has 0 spiro atoms. The molecule has 11 heteroatoms. The molecule has 0 bridgehead atoms. The Labute approximate surface area is 183 Å². The van der Waals surface area contributed by atoms with Crippen LogP contribution in [0.1, 0.15) is 31.6 Å². The van der Waals surface area contributed by atoms with Crippen LogP contribution >= 0.6 is 0 Å². The Bertz CT molecular complexity index is 1080. The molecule has 0 amide bonds. The largest absolute Gasteiger partial charge is 0.457 e. The van der Waals surface area contributed by atoms with Crippen LogP contribution < -0.4 is 0 Å². The molecule has 9 nitrogen and oxygen atoms in total. The molecule has 1 aromatic carbocycles. The van der Waals surface area contributed by atoms with Crippen LogP contribution in [0.2, 0.25) is 0 Å². The lowest BCUT2D eigenvalue weighted by Gasteiger charge is -2.18. The van der Waals surface area contributed by atoms with Gasteiger partial charge >= 0.3 is 5.97 Å². The fourth-order valence-electron chi connectivity index (χ4n) is 2.77. The third-order valence-corrected chi connectivity index (χ3v) is 8.39. The number of rotatable bonds is 11. The highest BCUT2D eigenvalue weighted by atomic mass is 32.2. The van der Waals surface area contributed by atoms with Crippen LogP contribution in [0.5, 0.6) is 0 Å². The number of sulfonamides is 2. The van der Waals surface area contributed by atoms with Crippen molar-refractivity contribution in [2.75, 3.05) is 27.2 Å². The average Bonchev–Trinajstić information content (AvgIpc) is 3.21. The van der Waals surface area contributed by atoms with E-state index in [1.165, 1.54) is 42.7 Å². The van der Waals surface area contributed by atoms with Crippen molar-refractivity contribution in [2.24, 2.45) is 0 Å². The van der Waals surface area contributed by atoms with Crippen LogP contribution in [0.4, 0.5) is 0 Å². The van der Waals surface area contributed by atoms with E-state index >= 15 is 0 Å². The van der Waals surface area contributed by atoms with Gasteiger partial charge in [0.05, 0.1) is 4.90 Å². The molecular formula is C20H28N2O7S2. The Balaban J connectivity index is 1.89. The molecule has 2 rings (SSSR count). The average molecular weight is 473 g/mol. The zero-order chi connectivity index (χ0) is 23.2. The molecular weight excluding hydrogens is 444 g/mol. The number of nitrogens with zero attached hydrogens (tertiary/aromatic N) is 2. The van der Waals surface area contributed by atoms with Gasteiger partial charge in [-0.15, -0.1) is 0 Å². The Hall–Kier alpha value is -2.21. The van der Waals surface area contributed by atoms with E-state index in [1.54, 1.807) is 26.0 Å². The number of carbonyl (C=O) groups excluding carboxylic acids is 1. The zero-order valence-corrected chi connectivity index (χ0v) is 19.7. The molecule has 0 N–H and O–H groups in total. The molecule has 31 heavy (non-hydrogen) atoms. The summed E-state index contributed by atoms with van der Waals surface area (Å²) in [6.45, 7) is 4.18. The number of carbonyl (C=O) groups is 1. The van der Waals surface area contributed by atoms with Crippen LogP contribution in [0.25, 0.3) is 0 Å². The number of hydrogen-bond acceptors (Lipinski definition) is 7. The number of hydrogen-bond donors (Lipinski definition) is 0. The van der Waals surface area contributed by atoms with E-state index < -0.39 is 26.0 Å². The minimum atomic E-state index is -3.68. The topological polar surface area (TPSA) is 114 Å². The van der Waals surface area contributed by atoms with Gasteiger partial charge in [-0.1, -0.05) is 26.0 Å². The van der Waals surface area contributed by atoms with Gasteiger partial charge in [-0.2, -0.15) is 4.31 Å². The van der Waals surface area contributed by atoms with E-state index in [2.05, 4.69) is 0 Å². The summed E-state index contributed by atoms with van der Waals surface area (Å²) < 4.78 is 61.7. The van der Waals surface area contributed by atoms with E-state index in [9.17, 15) is 21.6 Å². The Morgan fingerprint density at radius 3 is 2.10 bits per heavy atom. The Morgan fingerprint density at radius 1 is 0.935 bits per heavy atom. The summed E-state index contributed by atoms with van der Waals surface area (Å²) in [4.78, 5) is 12.2. The molecule has 2 aromatic rings. The highest BCUT2D eigenvalue weighted by Gasteiger charge is 2.22. The van der Waals surface area contributed by atoms with Crippen molar-refractivity contribution in [2.45, 2.75) is 43.3 Å². The second-order valence-corrected chi connectivity index (χ2v) is 10.9. The van der Waals surface area contributed by atoms with Crippen molar-refractivity contribution >= 4 is 26.0 Å². The van der Waals surface area contributed by atoms with Gasteiger partial charge in [0.1, 0.15) is 12.4 Å². The predicted octanol–water partition coefficient (Wildman–Crippen LogP) is 2.24. The minimum Gasteiger partial charge on any atom is -0.457 e. The number of esters is 1. The molecule has 1 heterocycles. The molecule has 0 saturated heterocycles. The quantitative estimate of drug-likeness (QED) is 0.461. The molecule has 0 radical (unpaired) electrons. The lowest BCUT2D eigenvalue weighted by molar-refractivity contribution is -0.145. The maximum atomic E-state index is 12.5. The summed E-state index contributed by atoms with van der Waals surface area (Å²) in [7, 11) is -4.42. The van der Waals surface area contributed by atoms with Gasteiger partial charge in [0, 0.05) is 33.6 Å². The normalized spacial score (nSPS) is 12.5. The smallest absolute Gasteiger partial charge is 0.306 e. The number of benzene rings is 1. The van der Waals surface area contributed by atoms with Gasteiger partial charge in [-0.25, -0.2) is 21.1 Å². The number of ether oxygens (including phenoxy) is 1. The molecule has 0 aliphatic rings. The van der Waals surface area contributed by atoms with Gasteiger partial charge in [-0.05, 0) is 36.2 Å². The lowest BCUT2D eigenvalue weighted by Crippen LogP contribution is -2.30. The number of furan rings is 1. The third kappa shape index (κ3) is 6.16. The van der Waals surface area contributed by atoms with Gasteiger partial charge in [-0.3, -0.25) is 4.79 Å². The standard InChI is InChI=1S/C20H28N2O7S2/c1-5-22(6-2)30(24,25)18-11-7-16(8-12-18)9-13-19(23)28-15-17-10-14-20(29-17)31(26,27)21(3)4/h7-8,10-12,14H,5-6,9,13,15H2,1-4H3. The fraction of sp³-hybridized carbons (Fsp3) is 0.450. The minimum absolute atomic E-state index is 0.0890. The maximum Gasteiger partial charge on any atom is 0.306 e. The molecule has 172 valence electrons. The van der Waals surface area contributed by atoms with Crippen molar-refractivity contribution in [3.05, 3.63) is 47.7 Å². The first-order valence-electron chi connectivity index (χ1n) is 9.78. The van der Waals surface area contributed by atoms with Crippen molar-refractivity contribution in [1.82, 2.24) is 8.61 Å². The highest BCUT2D eigenvalue weighted by Crippen LogP contribution is 2.19. The highest BCUT2D eigenvalue weighted by molar-refractivity contribution is 7.89. The number of aryl methyl sites for hydroxylation is 1. The lowest BCUT2D eigenvalue weighted by atomic mass is 10.1. The molecule has 0 aliphatic heterocycles. The second kappa shape index (κ2) is 10.4. The molecule has 0 unspecified atom stereocenters. The van der Waals surface area contributed by atoms with Crippen molar-refractivity contribution < 1.29 is 30.8 Å². The van der Waals surface area contributed by atoms with Gasteiger partial charge < -0.3 is 9.15 Å². The first-order chi connectivity index (χ1) is 14.5.